The Morgan fingerprint density at radius 3 is 2.89 bits per heavy atom. The topological polar surface area (TPSA) is 32.3 Å². The molecular weight excluding hydrogens is 256 g/mol. The predicted molar refractivity (Wildman–Crippen MR) is 82.8 cm³/mol. The fourth-order valence-corrected chi connectivity index (χ4v) is 3.07. The number of carbonyl (C=O) groups is 1. The van der Waals surface area contributed by atoms with E-state index in [0.29, 0.717) is 5.75 Å². The lowest BCUT2D eigenvalue weighted by molar-refractivity contribution is -0.113. The van der Waals surface area contributed by atoms with Gasteiger partial charge in [0.25, 0.3) is 0 Å². The van der Waals surface area contributed by atoms with Gasteiger partial charge in [-0.25, -0.2) is 0 Å². The number of benzene rings is 1. The number of rotatable bonds is 6. The lowest BCUT2D eigenvalue weighted by atomic mass is 10.2. The van der Waals surface area contributed by atoms with Gasteiger partial charge in [-0.1, -0.05) is 12.1 Å². The van der Waals surface area contributed by atoms with Gasteiger partial charge in [0.2, 0.25) is 5.91 Å². The normalized spacial score (nSPS) is 15.6. The summed E-state index contributed by atoms with van der Waals surface area (Å²) < 4.78 is 0. The molecule has 1 aliphatic heterocycles. The molecule has 0 aromatic heterocycles. The Labute approximate surface area is 119 Å². The Bertz CT molecular complexity index is 416. The third-order valence-corrected chi connectivity index (χ3v) is 4.22. The molecule has 1 amide bonds. The molecule has 19 heavy (non-hydrogen) atoms. The highest BCUT2D eigenvalue weighted by atomic mass is 32.2. The summed E-state index contributed by atoms with van der Waals surface area (Å²) >= 11 is 1.72. The molecule has 0 saturated carbocycles. The van der Waals surface area contributed by atoms with Crippen LogP contribution in [0.1, 0.15) is 18.4 Å². The van der Waals surface area contributed by atoms with E-state index in [1.807, 2.05) is 31.2 Å². The van der Waals surface area contributed by atoms with Gasteiger partial charge < -0.3 is 10.2 Å². The molecule has 0 unspecified atom stereocenters. The molecule has 1 fully saturated rings. The second-order valence-electron chi connectivity index (χ2n) is 5.02. The zero-order valence-electron chi connectivity index (χ0n) is 11.5. The summed E-state index contributed by atoms with van der Waals surface area (Å²) in [4.78, 5) is 14.3. The third kappa shape index (κ3) is 5.25. The second kappa shape index (κ2) is 7.56. The van der Waals surface area contributed by atoms with E-state index in [4.69, 9.17) is 0 Å². The van der Waals surface area contributed by atoms with Crippen molar-refractivity contribution in [3.8, 4) is 0 Å². The van der Waals surface area contributed by atoms with Gasteiger partial charge in [0, 0.05) is 18.0 Å². The number of hydrogen-bond donors (Lipinski definition) is 1. The van der Waals surface area contributed by atoms with Crippen LogP contribution in [0.2, 0.25) is 0 Å². The minimum Gasteiger partial charge on any atom is -0.325 e. The highest BCUT2D eigenvalue weighted by molar-refractivity contribution is 7.99. The van der Waals surface area contributed by atoms with Crippen LogP contribution < -0.4 is 5.32 Å². The number of amides is 1. The van der Waals surface area contributed by atoms with E-state index in [2.05, 4.69) is 10.2 Å². The smallest absolute Gasteiger partial charge is 0.234 e. The zero-order chi connectivity index (χ0) is 13.5. The second-order valence-corrected chi connectivity index (χ2v) is 6.12. The van der Waals surface area contributed by atoms with E-state index in [9.17, 15) is 4.79 Å². The van der Waals surface area contributed by atoms with Gasteiger partial charge in [-0.15, -0.1) is 0 Å². The molecule has 1 heterocycles. The van der Waals surface area contributed by atoms with Gasteiger partial charge in [-0.3, -0.25) is 4.79 Å². The Morgan fingerprint density at radius 1 is 1.37 bits per heavy atom. The lowest BCUT2D eigenvalue weighted by Gasteiger charge is -2.13. The van der Waals surface area contributed by atoms with Gasteiger partial charge in [0.1, 0.15) is 0 Å². The number of nitrogens with one attached hydrogen (secondary N) is 1. The summed E-state index contributed by atoms with van der Waals surface area (Å²) in [5, 5.41) is 2.94. The fourth-order valence-electron chi connectivity index (χ4n) is 2.28. The molecule has 4 heteroatoms. The van der Waals surface area contributed by atoms with Crippen LogP contribution in [-0.4, -0.2) is 41.9 Å². The standard InChI is InChI=1S/C15H22N2OS/c1-13-5-4-6-14(11-13)16-15(18)12-19-10-9-17-7-2-3-8-17/h4-6,11H,2-3,7-10,12H2,1H3,(H,16,18). The summed E-state index contributed by atoms with van der Waals surface area (Å²) in [6.07, 6.45) is 2.66. The number of anilines is 1. The van der Waals surface area contributed by atoms with Crippen LogP contribution >= 0.6 is 11.8 Å². The van der Waals surface area contributed by atoms with E-state index in [-0.39, 0.29) is 5.91 Å². The largest absolute Gasteiger partial charge is 0.325 e. The molecule has 0 aliphatic carbocycles. The average Bonchev–Trinajstić information content (AvgIpc) is 2.88. The number of hydrogen-bond acceptors (Lipinski definition) is 3. The minimum absolute atomic E-state index is 0.0945. The van der Waals surface area contributed by atoms with Crippen molar-refractivity contribution >= 4 is 23.4 Å². The maximum absolute atomic E-state index is 11.8. The van der Waals surface area contributed by atoms with Gasteiger partial charge in [0.05, 0.1) is 5.75 Å². The number of thioether (sulfide) groups is 1. The molecular formula is C15H22N2OS. The molecule has 0 atom stereocenters. The number of likely N-dealkylation sites (tertiary alicyclic amines) is 1. The van der Waals surface area contributed by atoms with Crippen LogP contribution in [-0.2, 0) is 4.79 Å². The molecule has 3 nitrogen and oxygen atoms in total. The van der Waals surface area contributed by atoms with Crippen LogP contribution in [0.15, 0.2) is 24.3 Å². The first-order valence-electron chi connectivity index (χ1n) is 6.91. The predicted octanol–water partition coefficient (Wildman–Crippen LogP) is 2.76. The number of nitrogens with zero attached hydrogens (tertiary/aromatic N) is 1. The first-order valence-corrected chi connectivity index (χ1v) is 8.06. The molecule has 2 rings (SSSR count). The monoisotopic (exact) mass is 278 g/mol. The first kappa shape index (κ1) is 14.4. The minimum atomic E-state index is 0.0945. The van der Waals surface area contributed by atoms with Crippen LogP contribution in [0.4, 0.5) is 5.69 Å². The van der Waals surface area contributed by atoms with Crippen molar-refractivity contribution in [1.82, 2.24) is 4.90 Å². The molecule has 0 radical (unpaired) electrons. The highest BCUT2D eigenvalue weighted by Gasteiger charge is 2.10. The Morgan fingerprint density at radius 2 is 2.16 bits per heavy atom. The molecule has 104 valence electrons. The SMILES string of the molecule is Cc1cccc(NC(=O)CSCCN2CCCC2)c1. The molecule has 1 saturated heterocycles. The van der Waals surface area contributed by atoms with E-state index in [1.165, 1.54) is 31.5 Å². The van der Waals surface area contributed by atoms with E-state index < -0.39 is 0 Å². The average molecular weight is 278 g/mol. The quantitative estimate of drug-likeness (QED) is 0.812. The molecule has 1 aromatic carbocycles. The third-order valence-electron chi connectivity index (χ3n) is 3.29. The Hall–Kier alpha value is -1.00. The summed E-state index contributed by atoms with van der Waals surface area (Å²) in [5.41, 5.74) is 2.06. The van der Waals surface area contributed by atoms with E-state index in [0.717, 1.165) is 18.0 Å². The maximum Gasteiger partial charge on any atom is 0.234 e. The van der Waals surface area contributed by atoms with Gasteiger partial charge >= 0.3 is 0 Å². The van der Waals surface area contributed by atoms with Crippen LogP contribution in [0.3, 0.4) is 0 Å². The molecule has 1 N–H and O–H groups in total. The summed E-state index contributed by atoms with van der Waals surface area (Å²) in [5.74, 6) is 1.68. The van der Waals surface area contributed by atoms with Crippen LogP contribution in [0.5, 0.6) is 0 Å². The number of aryl methyl sites for hydroxylation is 1. The maximum atomic E-state index is 11.8. The van der Waals surface area contributed by atoms with Gasteiger partial charge in [0.15, 0.2) is 0 Å². The van der Waals surface area contributed by atoms with E-state index in [1.54, 1.807) is 11.8 Å². The van der Waals surface area contributed by atoms with Crippen LogP contribution in [0.25, 0.3) is 0 Å². The fraction of sp³-hybridized carbons (Fsp3) is 0.533. The highest BCUT2D eigenvalue weighted by Crippen LogP contribution is 2.12. The van der Waals surface area contributed by atoms with Crippen molar-refractivity contribution < 1.29 is 4.79 Å². The summed E-state index contributed by atoms with van der Waals surface area (Å²) in [6, 6.07) is 7.92. The summed E-state index contributed by atoms with van der Waals surface area (Å²) in [7, 11) is 0. The molecule has 1 aromatic rings. The Kier molecular flexibility index (Phi) is 5.73. The zero-order valence-corrected chi connectivity index (χ0v) is 12.3. The van der Waals surface area contributed by atoms with Crippen molar-refractivity contribution in [3.05, 3.63) is 29.8 Å². The van der Waals surface area contributed by atoms with Crippen LogP contribution in [0, 0.1) is 6.92 Å². The van der Waals surface area contributed by atoms with Crippen molar-refractivity contribution in [1.29, 1.82) is 0 Å². The lowest BCUT2D eigenvalue weighted by Crippen LogP contribution is -2.23. The molecule has 0 bridgehead atoms. The molecule has 1 aliphatic rings. The first-order chi connectivity index (χ1) is 9.24. The molecule has 0 spiro atoms. The number of carbonyl (C=O) groups excluding carboxylic acids is 1. The van der Waals surface area contributed by atoms with Gasteiger partial charge in [-0.2, -0.15) is 11.8 Å². The van der Waals surface area contributed by atoms with Crippen molar-refractivity contribution in [2.75, 3.05) is 36.5 Å². The van der Waals surface area contributed by atoms with Crippen molar-refractivity contribution in [2.24, 2.45) is 0 Å². The van der Waals surface area contributed by atoms with Crippen molar-refractivity contribution in [3.63, 3.8) is 0 Å². The Balaban J connectivity index is 1.61. The van der Waals surface area contributed by atoms with E-state index >= 15 is 0 Å². The van der Waals surface area contributed by atoms with Gasteiger partial charge in [-0.05, 0) is 50.6 Å². The summed E-state index contributed by atoms with van der Waals surface area (Å²) in [6.45, 7) is 5.61. The van der Waals surface area contributed by atoms with Crippen molar-refractivity contribution in [2.45, 2.75) is 19.8 Å².